The monoisotopic (exact) mass is 221 g/mol. The van der Waals surface area contributed by atoms with Gasteiger partial charge < -0.3 is 10.4 Å². The molecule has 1 atom stereocenters. The summed E-state index contributed by atoms with van der Waals surface area (Å²) in [5, 5.41) is 12.6. The highest BCUT2D eigenvalue weighted by atomic mass is 16.3. The Balaban J connectivity index is 2.94. The van der Waals surface area contributed by atoms with Gasteiger partial charge in [-0.15, -0.1) is 0 Å². The van der Waals surface area contributed by atoms with Crippen LogP contribution in [0.2, 0.25) is 0 Å². The van der Waals surface area contributed by atoms with Crippen molar-refractivity contribution >= 4 is 0 Å². The van der Waals surface area contributed by atoms with Gasteiger partial charge in [-0.25, -0.2) is 0 Å². The number of likely N-dealkylation sites (N-methyl/N-ethyl adjacent to an activating group) is 1. The smallest absolute Gasteiger partial charge is 0.0537 e. The first-order valence-corrected chi connectivity index (χ1v) is 5.89. The highest BCUT2D eigenvalue weighted by molar-refractivity contribution is 5.30. The summed E-state index contributed by atoms with van der Waals surface area (Å²) in [6, 6.07) is 8.57. The van der Waals surface area contributed by atoms with Crippen LogP contribution in [0.15, 0.2) is 24.3 Å². The van der Waals surface area contributed by atoms with Gasteiger partial charge in [0.2, 0.25) is 0 Å². The zero-order valence-corrected chi connectivity index (χ0v) is 10.7. The van der Waals surface area contributed by atoms with Crippen LogP contribution in [0, 0.1) is 0 Å². The molecule has 1 aromatic carbocycles. The fourth-order valence-electron chi connectivity index (χ4n) is 1.91. The van der Waals surface area contributed by atoms with E-state index >= 15 is 0 Å². The normalized spacial score (nSPS) is 15.1. The highest BCUT2D eigenvalue weighted by Crippen LogP contribution is 2.24. The maximum absolute atomic E-state index is 9.51. The van der Waals surface area contributed by atoms with Crippen molar-refractivity contribution in [3.05, 3.63) is 35.4 Å². The molecule has 0 saturated carbocycles. The molecule has 0 aromatic heterocycles. The summed E-state index contributed by atoms with van der Waals surface area (Å²) in [5.41, 5.74) is 2.34. The second-order valence-electron chi connectivity index (χ2n) is 5.03. The van der Waals surface area contributed by atoms with Crippen LogP contribution in [0.4, 0.5) is 0 Å². The van der Waals surface area contributed by atoms with Crippen molar-refractivity contribution in [2.24, 2.45) is 0 Å². The molecule has 2 heteroatoms. The minimum Gasteiger partial charge on any atom is -0.395 e. The van der Waals surface area contributed by atoms with Crippen molar-refractivity contribution in [1.82, 2.24) is 5.32 Å². The van der Waals surface area contributed by atoms with E-state index < -0.39 is 0 Å². The lowest BCUT2D eigenvalue weighted by atomic mass is 9.82. The molecule has 16 heavy (non-hydrogen) atoms. The summed E-state index contributed by atoms with van der Waals surface area (Å²) < 4.78 is 0. The molecule has 0 aliphatic carbocycles. The van der Waals surface area contributed by atoms with Gasteiger partial charge in [0.15, 0.2) is 0 Å². The van der Waals surface area contributed by atoms with Gasteiger partial charge in [-0.3, -0.25) is 0 Å². The third kappa shape index (κ3) is 2.83. The van der Waals surface area contributed by atoms with E-state index in [4.69, 9.17) is 0 Å². The second kappa shape index (κ2) is 5.46. The molecule has 0 amide bonds. The van der Waals surface area contributed by atoms with Crippen LogP contribution in [0.1, 0.15) is 37.8 Å². The third-order valence-corrected chi connectivity index (χ3v) is 3.19. The first kappa shape index (κ1) is 13.2. The number of aliphatic hydroxyl groups is 1. The summed E-state index contributed by atoms with van der Waals surface area (Å²) in [7, 11) is 1.91. The Morgan fingerprint density at radius 2 is 1.81 bits per heavy atom. The van der Waals surface area contributed by atoms with Crippen molar-refractivity contribution in [1.29, 1.82) is 0 Å². The molecular formula is C14H23NO. The zero-order chi connectivity index (χ0) is 12.2. The molecule has 0 saturated heterocycles. The standard InChI is InChI=1S/C14H23NO/c1-11(2)12-5-7-13(8-6-12)14(3,10-16)9-15-4/h5-8,11,15-16H,9-10H2,1-4H3. The van der Waals surface area contributed by atoms with Crippen LogP contribution in [0.25, 0.3) is 0 Å². The lowest BCUT2D eigenvalue weighted by Gasteiger charge is -2.28. The van der Waals surface area contributed by atoms with Crippen LogP contribution in [0.5, 0.6) is 0 Å². The van der Waals surface area contributed by atoms with Crippen LogP contribution < -0.4 is 5.32 Å². The molecule has 0 radical (unpaired) electrons. The molecule has 0 fully saturated rings. The van der Waals surface area contributed by atoms with Gasteiger partial charge in [0.05, 0.1) is 6.61 Å². The largest absolute Gasteiger partial charge is 0.395 e. The third-order valence-electron chi connectivity index (χ3n) is 3.19. The molecule has 90 valence electrons. The summed E-state index contributed by atoms with van der Waals surface area (Å²) >= 11 is 0. The van der Waals surface area contributed by atoms with Gasteiger partial charge >= 0.3 is 0 Å². The first-order valence-electron chi connectivity index (χ1n) is 5.89. The summed E-state index contributed by atoms with van der Waals surface area (Å²) in [6.45, 7) is 7.40. The minimum atomic E-state index is -0.190. The predicted molar refractivity (Wildman–Crippen MR) is 68.9 cm³/mol. The van der Waals surface area contributed by atoms with Crippen LogP contribution in [-0.4, -0.2) is 25.3 Å². The van der Waals surface area contributed by atoms with E-state index in [1.165, 1.54) is 11.1 Å². The number of rotatable bonds is 5. The topological polar surface area (TPSA) is 32.3 Å². The summed E-state index contributed by atoms with van der Waals surface area (Å²) in [6.07, 6.45) is 0. The number of nitrogens with one attached hydrogen (secondary N) is 1. The van der Waals surface area contributed by atoms with Crippen molar-refractivity contribution in [3.63, 3.8) is 0 Å². The van der Waals surface area contributed by atoms with Gasteiger partial charge in [-0.1, -0.05) is 45.0 Å². The highest BCUT2D eigenvalue weighted by Gasteiger charge is 2.24. The molecule has 0 bridgehead atoms. The fraction of sp³-hybridized carbons (Fsp3) is 0.571. The second-order valence-corrected chi connectivity index (χ2v) is 5.03. The molecule has 2 nitrogen and oxygen atoms in total. The van der Waals surface area contributed by atoms with E-state index in [2.05, 4.69) is 50.4 Å². The Hall–Kier alpha value is -0.860. The Morgan fingerprint density at radius 3 is 2.19 bits per heavy atom. The van der Waals surface area contributed by atoms with Gasteiger partial charge in [-0.2, -0.15) is 0 Å². The number of hydrogen-bond acceptors (Lipinski definition) is 2. The summed E-state index contributed by atoms with van der Waals surface area (Å²) in [4.78, 5) is 0. The van der Waals surface area contributed by atoms with Crippen LogP contribution >= 0.6 is 0 Å². The van der Waals surface area contributed by atoms with Gasteiger partial charge in [0.25, 0.3) is 0 Å². The maximum Gasteiger partial charge on any atom is 0.0537 e. The predicted octanol–water partition coefficient (Wildman–Crippen LogP) is 2.28. The first-order chi connectivity index (χ1) is 7.53. The van der Waals surface area contributed by atoms with E-state index in [0.717, 1.165) is 6.54 Å². The molecule has 1 rings (SSSR count). The van der Waals surface area contributed by atoms with Crippen LogP contribution in [-0.2, 0) is 5.41 Å². The Kier molecular flexibility index (Phi) is 4.51. The SMILES string of the molecule is CNCC(C)(CO)c1ccc(C(C)C)cc1. The molecule has 1 aromatic rings. The number of hydrogen-bond donors (Lipinski definition) is 2. The molecule has 1 unspecified atom stereocenters. The number of benzene rings is 1. The van der Waals surface area contributed by atoms with Gasteiger partial charge in [0, 0.05) is 12.0 Å². The Morgan fingerprint density at radius 1 is 1.25 bits per heavy atom. The van der Waals surface area contributed by atoms with Crippen molar-refractivity contribution in [2.75, 3.05) is 20.2 Å². The fourth-order valence-corrected chi connectivity index (χ4v) is 1.91. The Labute approximate surface area is 98.7 Å². The molecular weight excluding hydrogens is 198 g/mol. The van der Waals surface area contributed by atoms with Crippen molar-refractivity contribution < 1.29 is 5.11 Å². The molecule has 0 aliphatic rings. The molecule has 2 N–H and O–H groups in total. The number of aliphatic hydroxyl groups excluding tert-OH is 1. The molecule has 0 spiro atoms. The molecule has 0 heterocycles. The van der Waals surface area contributed by atoms with E-state index in [-0.39, 0.29) is 12.0 Å². The lowest BCUT2D eigenvalue weighted by Crippen LogP contribution is -2.37. The Bertz CT molecular complexity index is 318. The zero-order valence-electron chi connectivity index (χ0n) is 10.7. The average Bonchev–Trinajstić information content (AvgIpc) is 2.29. The summed E-state index contributed by atoms with van der Waals surface area (Å²) in [5.74, 6) is 0.554. The van der Waals surface area contributed by atoms with Crippen LogP contribution in [0.3, 0.4) is 0 Å². The van der Waals surface area contributed by atoms with E-state index in [0.29, 0.717) is 5.92 Å². The minimum absolute atomic E-state index is 0.162. The van der Waals surface area contributed by atoms with E-state index in [1.54, 1.807) is 0 Å². The van der Waals surface area contributed by atoms with Crippen molar-refractivity contribution in [2.45, 2.75) is 32.1 Å². The average molecular weight is 221 g/mol. The lowest BCUT2D eigenvalue weighted by molar-refractivity contribution is 0.204. The van der Waals surface area contributed by atoms with Gasteiger partial charge in [-0.05, 0) is 24.1 Å². The molecule has 0 aliphatic heterocycles. The van der Waals surface area contributed by atoms with E-state index in [9.17, 15) is 5.11 Å². The maximum atomic E-state index is 9.51. The quantitative estimate of drug-likeness (QED) is 0.799. The van der Waals surface area contributed by atoms with Crippen molar-refractivity contribution in [3.8, 4) is 0 Å². The van der Waals surface area contributed by atoms with E-state index in [1.807, 2.05) is 7.05 Å². The van der Waals surface area contributed by atoms with Gasteiger partial charge in [0.1, 0.15) is 0 Å².